The molecule has 0 radical (unpaired) electrons. The van der Waals surface area contributed by atoms with Crippen molar-refractivity contribution in [1.82, 2.24) is 0 Å². The van der Waals surface area contributed by atoms with Gasteiger partial charge in [-0.25, -0.2) is 0 Å². The number of aromatic hydroxyl groups is 1. The summed E-state index contributed by atoms with van der Waals surface area (Å²) in [5, 5.41) is 9.77. The quantitative estimate of drug-likeness (QED) is 0.877. The molecule has 0 saturated heterocycles. The number of benzene rings is 2. The number of rotatable bonds is 2. The van der Waals surface area contributed by atoms with Crippen molar-refractivity contribution in [2.75, 3.05) is 0 Å². The molecule has 2 nitrogen and oxygen atoms in total. The molecule has 2 heteroatoms. The predicted molar refractivity (Wildman–Crippen MR) is 81.6 cm³/mol. The summed E-state index contributed by atoms with van der Waals surface area (Å²) in [6.07, 6.45) is 7.92. The maximum absolute atomic E-state index is 9.77. The van der Waals surface area contributed by atoms with Gasteiger partial charge in [-0.15, -0.1) is 0 Å². The van der Waals surface area contributed by atoms with E-state index in [0.717, 1.165) is 16.9 Å². The Balaban J connectivity index is 1.87. The summed E-state index contributed by atoms with van der Waals surface area (Å²) < 4.78 is 6.03. The first-order chi connectivity index (χ1) is 9.66. The fourth-order valence-electron chi connectivity index (χ4n) is 2.21. The summed E-state index contributed by atoms with van der Waals surface area (Å²) in [5.74, 6) is 1.15. The molecule has 0 aliphatic carbocycles. The molecule has 100 valence electrons. The smallest absolute Gasteiger partial charge is 0.143 e. The number of phenols is 1. The molecule has 1 aliphatic heterocycles. The zero-order valence-electron chi connectivity index (χ0n) is 11.3. The van der Waals surface area contributed by atoms with Gasteiger partial charge in [-0.05, 0) is 31.2 Å². The summed E-state index contributed by atoms with van der Waals surface area (Å²) in [5.41, 5.74) is 1.36. The molecule has 1 N–H and O–H groups in total. The van der Waals surface area contributed by atoms with Gasteiger partial charge in [0.2, 0.25) is 0 Å². The van der Waals surface area contributed by atoms with E-state index in [4.69, 9.17) is 4.74 Å². The number of para-hydroxylation sites is 2. The van der Waals surface area contributed by atoms with Crippen molar-refractivity contribution in [1.29, 1.82) is 0 Å². The van der Waals surface area contributed by atoms with Crippen molar-refractivity contribution in [3.63, 3.8) is 0 Å². The molecule has 0 aromatic heterocycles. The van der Waals surface area contributed by atoms with Crippen LogP contribution in [0.4, 0.5) is 0 Å². The van der Waals surface area contributed by atoms with E-state index in [1.807, 2.05) is 67.6 Å². The Hall–Kier alpha value is -2.48. The molecular formula is C18H16O2. The van der Waals surface area contributed by atoms with Gasteiger partial charge in [0.25, 0.3) is 0 Å². The highest BCUT2D eigenvalue weighted by Crippen LogP contribution is 2.32. The highest BCUT2D eigenvalue weighted by molar-refractivity contribution is 5.64. The SMILES string of the molecule is CC1(C=Cc2ccccc2O)C=Cc2ccccc2O1. The average Bonchev–Trinajstić information content (AvgIpc) is 2.46. The van der Waals surface area contributed by atoms with E-state index in [9.17, 15) is 5.11 Å². The highest BCUT2D eigenvalue weighted by atomic mass is 16.5. The van der Waals surface area contributed by atoms with E-state index in [2.05, 4.69) is 6.08 Å². The van der Waals surface area contributed by atoms with Gasteiger partial charge >= 0.3 is 0 Å². The van der Waals surface area contributed by atoms with Crippen molar-refractivity contribution >= 4 is 12.2 Å². The fraction of sp³-hybridized carbons (Fsp3) is 0.111. The lowest BCUT2D eigenvalue weighted by atomic mass is 9.98. The molecule has 1 aliphatic rings. The minimum absolute atomic E-state index is 0.271. The summed E-state index contributed by atoms with van der Waals surface area (Å²) >= 11 is 0. The number of fused-ring (bicyclic) bond motifs is 1. The van der Waals surface area contributed by atoms with Gasteiger partial charge in [-0.3, -0.25) is 0 Å². The molecule has 0 fully saturated rings. The minimum atomic E-state index is -0.503. The van der Waals surface area contributed by atoms with Crippen LogP contribution in [-0.4, -0.2) is 10.7 Å². The van der Waals surface area contributed by atoms with Gasteiger partial charge in [0.05, 0.1) is 0 Å². The van der Waals surface area contributed by atoms with Crippen LogP contribution in [0.2, 0.25) is 0 Å². The first-order valence-corrected chi connectivity index (χ1v) is 6.61. The monoisotopic (exact) mass is 264 g/mol. The average molecular weight is 264 g/mol. The van der Waals surface area contributed by atoms with Gasteiger partial charge in [-0.2, -0.15) is 0 Å². The normalized spacial score (nSPS) is 20.6. The molecule has 3 rings (SSSR count). The van der Waals surface area contributed by atoms with Crippen LogP contribution in [0.5, 0.6) is 11.5 Å². The second-order valence-corrected chi connectivity index (χ2v) is 5.05. The van der Waals surface area contributed by atoms with Crippen LogP contribution < -0.4 is 4.74 Å². The van der Waals surface area contributed by atoms with Crippen LogP contribution in [0.25, 0.3) is 12.2 Å². The first-order valence-electron chi connectivity index (χ1n) is 6.61. The van der Waals surface area contributed by atoms with Crippen LogP contribution in [-0.2, 0) is 0 Å². The lowest BCUT2D eigenvalue weighted by molar-refractivity contribution is 0.190. The maximum atomic E-state index is 9.77. The van der Waals surface area contributed by atoms with Crippen molar-refractivity contribution in [3.8, 4) is 11.5 Å². The molecule has 0 saturated carbocycles. The lowest BCUT2D eigenvalue weighted by Crippen LogP contribution is -2.29. The van der Waals surface area contributed by atoms with Crippen LogP contribution >= 0.6 is 0 Å². The Kier molecular flexibility index (Phi) is 3.07. The van der Waals surface area contributed by atoms with Crippen LogP contribution in [0.3, 0.4) is 0 Å². The summed E-state index contributed by atoms with van der Waals surface area (Å²) in [6, 6.07) is 15.2. The first kappa shape index (κ1) is 12.5. The fourth-order valence-corrected chi connectivity index (χ4v) is 2.21. The molecule has 0 spiro atoms. The molecular weight excluding hydrogens is 248 g/mol. The third-order valence-corrected chi connectivity index (χ3v) is 3.37. The van der Waals surface area contributed by atoms with Crippen molar-refractivity contribution in [3.05, 3.63) is 71.8 Å². The molecule has 0 bridgehead atoms. The topological polar surface area (TPSA) is 29.5 Å². The summed E-state index contributed by atoms with van der Waals surface area (Å²) in [6.45, 7) is 2.00. The third-order valence-electron chi connectivity index (χ3n) is 3.37. The Morgan fingerprint density at radius 3 is 2.65 bits per heavy atom. The molecule has 1 atom stereocenters. The number of ether oxygens (including phenoxy) is 1. The second kappa shape index (κ2) is 4.89. The number of hydrogen-bond acceptors (Lipinski definition) is 2. The summed E-state index contributed by atoms with van der Waals surface area (Å²) in [7, 11) is 0. The molecule has 1 unspecified atom stereocenters. The summed E-state index contributed by atoms with van der Waals surface area (Å²) in [4.78, 5) is 0. The second-order valence-electron chi connectivity index (χ2n) is 5.05. The Morgan fingerprint density at radius 2 is 1.80 bits per heavy atom. The highest BCUT2D eigenvalue weighted by Gasteiger charge is 2.23. The van der Waals surface area contributed by atoms with Crippen LogP contribution in [0.1, 0.15) is 18.1 Å². The molecule has 20 heavy (non-hydrogen) atoms. The Morgan fingerprint density at radius 1 is 1.05 bits per heavy atom. The van der Waals surface area contributed by atoms with Gasteiger partial charge in [-0.1, -0.05) is 48.6 Å². The van der Waals surface area contributed by atoms with Crippen molar-refractivity contribution in [2.24, 2.45) is 0 Å². The Labute approximate surface area is 118 Å². The van der Waals surface area contributed by atoms with Crippen molar-refractivity contribution < 1.29 is 9.84 Å². The maximum Gasteiger partial charge on any atom is 0.143 e. The van der Waals surface area contributed by atoms with E-state index in [0.29, 0.717) is 0 Å². The van der Waals surface area contributed by atoms with E-state index < -0.39 is 5.60 Å². The lowest BCUT2D eigenvalue weighted by Gasteiger charge is -2.28. The van der Waals surface area contributed by atoms with E-state index >= 15 is 0 Å². The van der Waals surface area contributed by atoms with Crippen LogP contribution in [0.15, 0.2) is 60.7 Å². The zero-order valence-corrected chi connectivity index (χ0v) is 11.3. The van der Waals surface area contributed by atoms with E-state index in [1.54, 1.807) is 6.07 Å². The zero-order chi connectivity index (χ0) is 14.0. The van der Waals surface area contributed by atoms with Gasteiger partial charge < -0.3 is 9.84 Å². The Bertz CT molecular complexity index is 685. The van der Waals surface area contributed by atoms with E-state index in [1.165, 1.54) is 0 Å². The molecule has 0 amide bonds. The van der Waals surface area contributed by atoms with Gasteiger partial charge in [0, 0.05) is 11.1 Å². The molecule has 2 aromatic carbocycles. The van der Waals surface area contributed by atoms with E-state index in [-0.39, 0.29) is 5.75 Å². The molecule has 2 aromatic rings. The number of hydrogen-bond donors (Lipinski definition) is 1. The van der Waals surface area contributed by atoms with Gasteiger partial charge in [0.15, 0.2) is 0 Å². The van der Waals surface area contributed by atoms with Crippen molar-refractivity contribution in [2.45, 2.75) is 12.5 Å². The third kappa shape index (κ3) is 2.45. The molecule has 1 heterocycles. The van der Waals surface area contributed by atoms with Gasteiger partial charge in [0.1, 0.15) is 17.1 Å². The minimum Gasteiger partial charge on any atom is -0.507 e. The predicted octanol–water partition coefficient (Wildman–Crippen LogP) is 4.27. The largest absolute Gasteiger partial charge is 0.507 e. The number of phenolic OH excluding ortho intramolecular Hbond substituents is 1. The van der Waals surface area contributed by atoms with Crippen LogP contribution in [0, 0.1) is 0 Å². The standard InChI is InChI=1S/C18H16O2/c1-18(12-10-14-6-2-4-8-16(14)19)13-11-15-7-3-5-9-17(15)20-18/h2-13,19H,1H3.